The largest absolute Gasteiger partial charge is 0.395 e. The average Bonchev–Trinajstić information content (AvgIpc) is 2.61. The fourth-order valence-electron chi connectivity index (χ4n) is 2.32. The first kappa shape index (κ1) is 16.7. The Kier molecular flexibility index (Phi) is 6.32. The van der Waals surface area contributed by atoms with Crippen molar-refractivity contribution in [1.82, 2.24) is 10.6 Å². The number of nitrogens with one attached hydrogen (secondary N) is 2. The van der Waals surface area contributed by atoms with E-state index in [9.17, 15) is 9.59 Å². The van der Waals surface area contributed by atoms with Crippen molar-refractivity contribution in [3.05, 3.63) is 71.8 Å². The Morgan fingerprint density at radius 3 is 1.78 bits per heavy atom. The number of aliphatic hydroxyl groups is 1. The van der Waals surface area contributed by atoms with Crippen LogP contribution in [0, 0.1) is 0 Å². The molecule has 0 aromatic heterocycles. The highest BCUT2D eigenvalue weighted by molar-refractivity contribution is 6.35. The predicted octanol–water partition coefficient (Wildman–Crippen LogP) is 1.04. The molecule has 2 amide bonds. The van der Waals surface area contributed by atoms with Crippen LogP contribution in [0.3, 0.4) is 0 Å². The molecule has 0 unspecified atom stereocenters. The average molecular weight is 312 g/mol. The lowest BCUT2D eigenvalue weighted by atomic mass is 9.91. The van der Waals surface area contributed by atoms with Crippen LogP contribution in [-0.4, -0.2) is 36.6 Å². The fraction of sp³-hybridized carbons (Fsp3) is 0.222. The predicted molar refractivity (Wildman–Crippen MR) is 87.8 cm³/mol. The molecule has 0 spiro atoms. The number of aliphatic hydroxyl groups excluding tert-OH is 1. The SMILES string of the molecule is O=C(NCCO)C(=O)NCC(c1ccccc1)c1ccccc1. The summed E-state index contributed by atoms with van der Waals surface area (Å²) in [6, 6.07) is 19.6. The molecule has 0 saturated carbocycles. The Hall–Kier alpha value is -2.66. The zero-order valence-corrected chi connectivity index (χ0v) is 12.7. The molecule has 2 aromatic rings. The molecule has 0 aliphatic heterocycles. The van der Waals surface area contributed by atoms with Crippen LogP contribution in [0.1, 0.15) is 17.0 Å². The van der Waals surface area contributed by atoms with Crippen LogP contribution in [0.15, 0.2) is 60.7 Å². The van der Waals surface area contributed by atoms with Gasteiger partial charge in [0.1, 0.15) is 0 Å². The van der Waals surface area contributed by atoms with Gasteiger partial charge in [0.2, 0.25) is 0 Å². The number of rotatable bonds is 6. The number of amides is 2. The molecule has 2 aromatic carbocycles. The molecule has 0 fully saturated rings. The summed E-state index contributed by atoms with van der Waals surface area (Å²) in [4.78, 5) is 23.4. The zero-order chi connectivity index (χ0) is 16.5. The Balaban J connectivity index is 2.07. The maximum atomic E-state index is 11.8. The lowest BCUT2D eigenvalue weighted by Crippen LogP contribution is -2.42. The van der Waals surface area contributed by atoms with E-state index in [-0.39, 0.29) is 19.1 Å². The number of hydrogen-bond acceptors (Lipinski definition) is 3. The highest BCUT2D eigenvalue weighted by atomic mass is 16.3. The second kappa shape index (κ2) is 8.70. The smallest absolute Gasteiger partial charge is 0.309 e. The first-order valence-corrected chi connectivity index (χ1v) is 7.49. The van der Waals surface area contributed by atoms with E-state index < -0.39 is 11.8 Å². The van der Waals surface area contributed by atoms with Gasteiger partial charge in [0, 0.05) is 19.0 Å². The summed E-state index contributed by atoms with van der Waals surface area (Å²) in [5.41, 5.74) is 2.13. The molecule has 0 heterocycles. The van der Waals surface area contributed by atoms with E-state index in [1.807, 2.05) is 60.7 Å². The lowest BCUT2D eigenvalue weighted by molar-refractivity contribution is -0.139. The summed E-state index contributed by atoms with van der Waals surface area (Å²) in [5, 5.41) is 13.7. The van der Waals surface area contributed by atoms with Gasteiger partial charge in [-0.3, -0.25) is 9.59 Å². The topological polar surface area (TPSA) is 78.4 Å². The molecule has 23 heavy (non-hydrogen) atoms. The van der Waals surface area contributed by atoms with Gasteiger partial charge in [0.15, 0.2) is 0 Å². The van der Waals surface area contributed by atoms with Crippen LogP contribution in [-0.2, 0) is 9.59 Å². The first-order valence-electron chi connectivity index (χ1n) is 7.49. The quantitative estimate of drug-likeness (QED) is 0.698. The van der Waals surface area contributed by atoms with Crippen LogP contribution in [0.5, 0.6) is 0 Å². The van der Waals surface area contributed by atoms with Crippen molar-refractivity contribution in [3.63, 3.8) is 0 Å². The van der Waals surface area contributed by atoms with Crippen molar-refractivity contribution in [2.24, 2.45) is 0 Å². The summed E-state index contributed by atoms with van der Waals surface area (Å²) < 4.78 is 0. The summed E-state index contributed by atoms with van der Waals surface area (Å²) >= 11 is 0. The van der Waals surface area contributed by atoms with Crippen molar-refractivity contribution in [2.75, 3.05) is 19.7 Å². The summed E-state index contributed by atoms with van der Waals surface area (Å²) in [6.07, 6.45) is 0. The molecule has 0 aliphatic carbocycles. The maximum absolute atomic E-state index is 11.8. The van der Waals surface area contributed by atoms with Crippen molar-refractivity contribution < 1.29 is 14.7 Å². The van der Waals surface area contributed by atoms with Crippen molar-refractivity contribution >= 4 is 11.8 Å². The molecule has 0 bridgehead atoms. The maximum Gasteiger partial charge on any atom is 0.309 e. The highest BCUT2D eigenvalue weighted by Gasteiger charge is 2.18. The molecule has 120 valence electrons. The normalized spacial score (nSPS) is 10.3. The molecular weight excluding hydrogens is 292 g/mol. The highest BCUT2D eigenvalue weighted by Crippen LogP contribution is 2.23. The standard InChI is InChI=1S/C18H20N2O3/c21-12-11-19-17(22)18(23)20-13-16(14-7-3-1-4-8-14)15-9-5-2-6-10-15/h1-10,16,21H,11-13H2,(H,19,22)(H,20,23). The molecule has 5 heteroatoms. The molecule has 0 atom stereocenters. The van der Waals surface area contributed by atoms with Crippen LogP contribution < -0.4 is 10.6 Å². The third kappa shape index (κ3) is 4.93. The van der Waals surface area contributed by atoms with E-state index in [1.165, 1.54) is 0 Å². The lowest BCUT2D eigenvalue weighted by Gasteiger charge is -2.18. The summed E-state index contributed by atoms with van der Waals surface area (Å²) in [5.74, 6) is -1.47. The Bertz CT molecular complexity index is 590. The van der Waals surface area contributed by atoms with Crippen LogP contribution >= 0.6 is 0 Å². The second-order valence-corrected chi connectivity index (χ2v) is 5.06. The van der Waals surface area contributed by atoms with E-state index in [1.54, 1.807) is 0 Å². The third-order valence-corrected chi connectivity index (χ3v) is 3.47. The Morgan fingerprint density at radius 1 is 0.826 bits per heavy atom. The van der Waals surface area contributed by atoms with Crippen molar-refractivity contribution in [1.29, 1.82) is 0 Å². The Labute approximate surface area is 135 Å². The minimum absolute atomic E-state index is 0.0352. The summed E-state index contributed by atoms with van der Waals surface area (Å²) in [6.45, 7) is 0.183. The molecule has 2 rings (SSSR count). The van der Waals surface area contributed by atoms with Crippen LogP contribution in [0.25, 0.3) is 0 Å². The molecule has 5 nitrogen and oxygen atoms in total. The zero-order valence-electron chi connectivity index (χ0n) is 12.7. The van der Waals surface area contributed by atoms with Gasteiger partial charge in [-0.15, -0.1) is 0 Å². The van der Waals surface area contributed by atoms with E-state index in [0.717, 1.165) is 11.1 Å². The molecule has 0 saturated heterocycles. The van der Waals surface area contributed by atoms with Gasteiger partial charge in [-0.05, 0) is 11.1 Å². The van der Waals surface area contributed by atoms with E-state index in [0.29, 0.717) is 6.54 Å². The third-order valence-electron chi connectivity index (χ3n) is 3.47. The Morgan fingerprint density at radius 2 is 1.30 bits per heavy atom. The van der Waals surface area contributed by atoms with Gasteiger partial charge in [-0.25, -0.2) is 0 Å². The monoisotopic (exact) mass is 312 g/mol. The van der Waals surface area contributed by atoms with Gasteiger partial charge in [0.25, 0.3) is 0 Å². The van der Waals surface area contributed by atoms with E-state index in [2.05, 4.69) is 10.6 Å². The second-order valence-electron chi connectivity index (χ2n) is 5.06. The van der Waals surface area contributed by atoms with Gasteiger partial charge in [-0.1, -0.05) is 60.7 Å². The van der Waals surface area contributed by atoms with Gasteiger partial charge >= 0.3 is 11.8 Å². The van der Waals surface area contributed by atoms with Crippen LogP contribution in [0.4, 0.5) is 0 Å². The van der Waals surface area contributed by atoms with Gasteiger partial charge in [0.05, 0.1) is 6.61 Å². The molecule has 0 aliphatic rings. The first-order chi connectivity index (χ1) is 11.2. The fourth-order valence-corrected chi connectivity index (χ4v) is 2.32. The van der Waals surface area contributed by atoms with E-state index in [4.69, 9.17) is 5.11 Å². The van der Waals surface area contributed by atoms with Crippen molar-refractivity contribution in [2.45, 2.75) is 5.92 Å². The number of carbonyl (C=O) groups is 2. The number of carbonyl (C=O) groups excluding carboxylic acids is 2. The summed E-state index contributed by atoms with van der Waals surface area (Å²) in [7, 11) is 0. The molecule has 0 radical (unpaired) electrons. The van der Waals surface area contributed by atoms with E-state index >= 15 is 0 Å². The van der Waals surface area contributed by atoms with Gasteiger partial charge in [-0.2, -0.15) is 0 Å². The number of benzene rings is 2. The molecule has 3 N–H and O–H groups in total. The minimum atomic E-state index is -0.737. The van der Waals surface area contributed by atoms with Gasteiger partial charge < -0.3 is 15.7 Å². The van der Waals surface area contributed by atoms with Crippen molar-refractivity contribution in [3.8, 4) is 0 Å². The molecular formula is C18H20N2O3. The number of hydrogen-bond donors (Lipinski definition) is 3. The van der Waals surface area contributed by atoms with Crippen LogP contribution in [0.2, 0.25) is 0 Å². The minimum Gasteiger partial charge on any atom is -0.395 e.